The molecule has 0 unspecified atom stereocenters. The summed E-state index contributed by atoms with van der Waals surface area (Å²) in [7, 11) is 0. The number of para-hydroxylation sites is 1. The number of benzene rings is 1. The van der Waals surface area contributed by atoms with Crippen molar-refractivity contribution < 1.29 is 5.11 Å². The molecule has 1 aliphatic heterocycles. The second-order valence-electron chi connectivity index (χ2n) is 5.49. The monoisotopic (exact) mass is 258 g/mol. The fraction of sp³-hybridized carbons (Fsp3) is 0.500. The molecule has 1 aromatic carbocycles. The second-order valence-corrected chi connectivity index (χ2v) is 5.49. The molecule has 1 aliphatic rings. The van der Waals surface area contributed by atoms with E-state index in [1.165, 1.54) is 49.0 Å². The normalized spacial score (nSPS) is 17.2. The van der Waals surface area contributed by atoms with Crippen molar-refractivity contribution in [2.75, 3.05) is 13.1 Å². The zero-order chi connectivity index (χ0) is 13.2. The highest BCUT2D eigenvalue weighted by atomic mass is 16.3. The number of piperidine rings is 1. The molecule has 0 radical (unpaired) electrons. The predicted octanol–water partition coefficient (Wildman–Crippen LogP) is 2.89. The third kappa shape index (κ3) is 2.28. The van der Waals surface area contributed by atoms with Gasteiger partial charge < -0.3 is 9.67 Å². The molecule has 0 aliphatic carbocycles. The van der Waals surface area contributed by atoms with Crippen LogP contribution in [0.3, 0.4) is 0 Å². The van der Waals surface area contributed by atoms with Crippen molar-refractivity contribution in [3.8, 4) is 0 Å². The Balaban J connectivity index is 1.99. The summed E-state index contributed by atoms with van der Waals surface area (Å²) in [6.45, 7) is 5.61. The number of aliphatic hydroxyl groups is 1. The van der Waals surface area contributed by atoms with Crippen LogP contribution in [0.2, 0.25) is 0 Å². The van der Waals surface area contributed by atoms with Crippen LogP contribution >= 0.6 is 0 Å². The SMILES string of the molecule is Cc1c(CN2CCCCC2)c2ccccc2n1CO. The molecule has 3 rings (SSSR count). The Morgan fingerprint density at radius 2 is 1.84 bits per heavy atom. The van der Waals surface area contributed by atoms with Gasteiger partial charge in [0.25, 0.3) is 0 Å². The average molecular weight is 258 g/mol. The van der Waals surface area contributed by atoms with Crippen LogP contribution in [-0.4, -0.2) is 27.7 Å². The number of fused-ring (bicyclic) bond motifs is 1. The highest BCUT2D eigenvalue weighted by molar-refractivity contribution is 5.85. The summed E-state index contributed by atoms with van der Waals surface area (Å²) in [5.41, 5.74) is 3.73. The predicted molar refractivity (Wildman–Crippen MR) is 78.0 cm³/mol. The molecule has 0 bridgehead atoms. The van der Waals surface area contributed by atoms with Gasteiger partial charge in [0, 0.05) is 17.6 Å². The Morgan fingerprint density at radius 3 is 2.58 bits per heavy atom. The Morgan fingerprint density at radius 1 is 1.11 bits per heavy atom. The van der Waals surface area contributed by atoms with Crippen LogP contribution < -0.4 is 0 Å². The molecule has 0 spiro atoms. The molecule has 1 N–H and O–H groups in total. The number of likely N-dealkylation sites (tertiary alicyclic amines) is 1. The summed E-state index contributed by atoms with van der Waals surface area (Å²) in [5.74, 6) is 0. The molecule has 0 atom stereocenters. The number of nitrogens with zero attached hydrogens (tertiary/aromatic N) is 2. The first-order chi connectivity index (χ1) is 9.31. The van der Waals surface area contributed by atoms with E-state index in [0.717, 1.165) is 12.1 Å². The molecule has 0 saturated carbocycles. The fourth-order valence-electron chi connectivity index (χ4n) is 3.23. The van der Waals surface area contributed by atoms with Crippen molar-refractivity contribution in [1.29, 1.82) is 0 Å². The van der Waals surface area contributed by atoms with Crippen molar-refractivity contribution >= 4 is 10.9 Å². The van der Waals surface area contributed by atoms with Crippen LogP contribution in [0, 0.1) is 6.92 Å². The lowest BCUT2D eigenvalue weighted by atomic mass is 10.1. The van der Waals surface area contributed by atoms with Crippen molar-refractivity contribution in [1.82, 2.24) is 9.47 Å². The Labute approximate surface area is 114 Å². The summed E-state index contributed by atoms with van der Waals surface area (Å²) < 4.78 is 2.01. The van der Waals surface area contributed by atoms with Crippen molar-refractivity contribution in [2.24, 2.45) is 0 Å². The molecule has 2 aromatic rings. The largest absolute Gasteiger partial charge is 0.376 e. The molecule has 0 amide bonds. The molecule has 1 fully saturated rings. The summed E-state index contributed by atoms with van der Waals surface area (Å²) in [6, 6.07) is 8.40. The summed E-state index contributed by atoms with van der Waals surface area (Å²) >= 11 is 0. The van der Waals surface area contributed by atoms with Gasteiger partial charge >= 0.3 is 0 Å². The van der Waals surface area contributed by atoms with E-state index in [1.54, 1.807) is 0 Å². The molecular weight excluding hydrogens is 236 g/mol. The lowest BCUT2D eigenvalue weighted by Gasteiger charge is -2.26. The van der Waals surface area contributed by atoms with Gasteiger partial charge in [-0.05, 0) is 44.5 Å². The third-order valence-corrected chi connectivity index (χ3v) is 4.33. The third-order valence-electron chi connectivity index (χ3n) is 4.33. The van der Waals surface area contributed by atoms with Crippen molar-refractivity contribution in [2.45, 2.75) is 39.5 Å². The minimum atomic E-state index is 0.0619. The first-order valence-corrected chi connectivity index (χ1v) is 7.21. The number of aromatic nitrogens is 1. The fourth-order valence-corrected chi connectivity index (χ4v) is 3.23. The zero-order valence-electron chi connectivity index (χ0n) is 11.6. The van der Waals surface area contributed by atoms with Gasteiger partial charge in [-0.15, -0.1) is 0 Å². The summed E-state index contributed by atoms with van der Waals surface area (Å²) in [6.07, 6.45) is 4.00. The number of rotatable bonds is 3. The van der Waals surface area contributed by atoms with Gasteiger partial charge in [0.15, 0.2) is 0 Å². The Bertz CT molecular complexity index is 567. The second kappa shape index (κ2) is 5.35. The lowest BCUT2D eigenvalue weighted by molar-refractivity contribution is 0.209. The Hall–Kier alpha value is -1.32. The molecular formula is C16H22N2O. The van der Waals surface area contributed by atoms with E-state index in [1.807, 2.05) is 10.6 Å². The quantitative estimate of drug-likeness (QED) is 0.917. The van der Waals surface area contributed by atoms with Crippen LogP contribution in [0.4, 0.5) is 0 Å². The lowest BCUT2D eigenvalue weighted by Crippen LogP contribution is -2.29. The molecule has 102 valence electrons. The molecule has 1 saturated heterocycles. The standard InChI is InChI=1S/C16H22N2O/c1-13-15(11-17-9-5-2-6-10-17)14-7-3-4-8-16(14)18(13)12-19/h3-4,7-8,19H,2,5-6,9-12H2,1H3. The first kappa shape index (κ1) is 12.7. The molecule has 3 heteroatoms. The molecule has 19 heavy (non-hydrogen) atoms. The summed E-state index contributed by atoms with van der Waals surface area (Å²) in [5, 5.41) is 10.9. The van der Waals surface area contributed by atoms with E-state index in [4.69, 9.17) is 0 Å². The van der Waals surface area contributed by atoms with E-state index in [2.05, 4.69) is 30.0 Å². The topological polar surface area (TPSA) is 28.4 Å². The van der Waals surface area contributed by atoms with Crippen LogP contribution in [0.1, 0.15) is 30.5 Å². The van der Waals surface area contributed by atoms with Crippen LogP contribution in [0.5, 0.6) is 0 Å². The summed E-state index contributed by atoms with van der Waals surface area (Å²) in [4.78, 5) is 2.54. The van der Waals surface area contributed by atoms with E-state index < -0.39 is 0 Å². The van der Waals surface area contributed by atoms with Gasteiger partial charge in [-0.2, -0.15) is 0 Å². The number of hydrogen-bond acceptors (Lipinski definition) is 2. The highest BCUT2D eigenvalue weighted by Gasteiger charge is 2.17. The van der Waals surface area contributed by atoms with Gasteiger partial charge in [-0.25, -0.2) is 0 Å². The van der Waals surface area contributed by atoms with Crippen LogP contribution in [0.15, 0.2) is 24.3 Å². The number of aliphatic hydroxyl groups excluding tert-OH is 1. The van der Waals surface area contributed by atoms with Gasteiger partial charge in [0.05, 0.1) is 5.52 Å². The van der Waals surface area contributed by atoms with Gasteiger partial charge in [-0.1, -0.05) is 24.6 Å². The van der Waals surface area contributed by atoms with Crippen molar-refractivity contribution in [3.63, 3.8) is 0 Å². The van der Waals surface area contributed by atoms with Gasteiger partial charge in [-0.3, -0.25) is 4.90 Å². The van der Waals surface area contributed by atoms with E-state index in [0.29, 0.717) is 0 Å². The maximum Gasteiger partial charge on any atom is 0.119 e. The molecule has 2 heterocycles. The smallest absolute Gasteiger partial charge is 0.119 e. The van der Waals surface area contributed by atoms with E-state index in [-0.39, 0.29) is 6.73 Å². The van der Waals surface area contributed by atoms with E-state index in [9.17, 15) is 5.11 Å². The van der Waals surface area contributed by atoms with Crippen LogP contribution in [0.25, 0.3) is 10.9 Å². The van der Waals surface area contributed by atoms with E-state index >= 15 is 0 Å². The minimum Gasteiger partial charge on any atom is -0.376 e. The average Bonchev–Trinajstić information content (AvgIpc) is 2.73. The van der Waals surface area contributed by atoms with Crippen LogP contribution in [-0.2, 0) is 13.3 Å². The first-order valence-electron chi connectivity index (χ1n) is 7.21. The van der Waals surface area contributed by atoms with Gasteiger partial charge in [0.1, 0.15) is 6.73 Å². The molecule has 3 nitrogen and oxygen atoms in total. The molecule has 1 aromatic heterocycles. The number of hydrogen-bond donors (Lipinski definition) is 1. The minimum absolute atomic E-state index is 0.0619. The van der Waals surface area contributed by atoms with Gasteiger partial charge in [0.2, 0.25) is 0 Å². The maximum atomic E-state index is 9.59. The zero-order valence-corrected chi connectivity index (χ0v) is 11.6. The highest BCUT2D eigenvalue weighted by Crippen LogP contribution is 2.27. The Kier molecular flexibility index (Phi) is 3.58. The van der Waals surface area contributed by atoms with Crippen molar-refractivity contribution in [3.05, 3.63) is 35.5 Å². The maximum absolute atomic E-state index is 9.59.